The van der Waals surface area contributed by atoms with Crippen LogP contribution >= 0.6 is 0 Å². The van der Waals surface area contributed by atoms with Gasteiger partial charge >= 0.3 is 0 Å². The number of sulfonamides is 1. The number of hydrogen-bond acceptors (Lipinski definition) is 5. The fraction of sp³-hybridized carbons (Fsp3) is 0.308. The largest absolute Gasteiger partial charge is 0.496 e. The highest BCUT2D eigenvalue weighted by Gasteiger charge is 2.17. The molecule has 0 amide bonds. The summed E-state index contributed by atoms with van der Waals surface area (Å²) < 4.78 is 33.4. The van der Waals surface area contributed by atoms with Crippen molar-refractivity contribution in [2.75, 3.05) is 18.4 Å². The van der Waals surface area contributed by atoms with Gasteiger partial charge in [0.1, 0.15) is 10.6 Å². The number of aliphatic hydroxyl groups excluding tert-OH is 1. The van der Waals surface area contributed by atoms with Gasteiger partial charge in [0, 0.05) is 11.9 Å². The molecule has 0 unspecified atom stereocenters. The highest BCUT2D eigenvalue weighted by atomic mass is 32.2. The summed E-state index contributed by atoms with van der Waals surface area (Å²) >= 11 is 0. The molecule has 1 aromatic carbocycles. The number of methoxy groups -OCH3 is 1. The molecule has 21 heavy (non-hydrogen) atoms. The molecule has 2 N–H and O–H groups in total. The first-order valence-corrected chi connectivity index (χ1v) is 7.75. The Balaban J connectivity index is 2.22. The Hall–Kier alpha value is -2.06. The Bertz CT molecular complexity index is 725. The molecule has 0 fully saturated rings. The summed E-state index contributed by atoms with van der Waals surface area (Å²) in [6, 6.07) is 5.01. The van der Waals surface area contributed by atoms with Crippen LogP contribution in [-0.4, -0.2) is 37.0 Å². The van der Waals surface area contributed by atoms with Crippen molar-refractivity contribution in [1.29, 1.82) is 0 Å². The van der Waals surface area contributed by atoms with Gasteiger partial charge in [-0.05, 0) is 30.7 Å². The molecule has 0 aliphatic heterocycles. The molecule has 0 atom stereocenters. The molecule has 0 aliphatic carbocycles. The van der Waals surface area contributed by atoms with Gasteiger partial charge in [-0.2, -0.15) is 5.10 Å². The van der Waals surface area contributed by atoms with Crippen molar-refractivity contribution < 1.29 is 18.3 Å². The average Bonchev–Trinajstić information content (AvgIpc) is 2.88. The van der Waals surface area contributed by atoms with Crippen molar-refractivity contribution in [3.63, 3.8) is 0 Å². The molecule has 0 radical (unpaired) electrons. The third-order valence-electron chi connectivity index (χ3n) is 2.90. The normalized spacial score (nSPS) is 11.4. The van der Waals surface area contributed by atoms with Crippen LogP contribution in [0.4, 0.5) is 5.69 Å². The third-order valence-corrected chi connectivity index (χ3v) is 4.23. The van der Waals surface area contributed by atoms with Crippen molar-refractivity contribution >= 4 is 15.7 Å². The van der Waals surface area contributed by atoms with Crippen molar-refractivity contribution in [2.45, 2.75) is 18.4 Å². The Labute approximate surface area is 123 Å². The summed E-state index contributed by atoms with van der Waals surface area (Å²) in [5, 5.41) is 12.7. The second-order valence-electron chi connectivity index (χ2n) is 4.45. The highest BCUT2D eigenvalue weighted by Crippen LogP contribution is 2.23. The number of anilines is 1. The fourth-order valence-corrected chi connectivity index (χ4v) is 2.87. The monoisotopic (exact) mass is 311 g/mol. The zero-order valence-electron chi connectivity index (χ0n) is 11.8. The van der Waals surface area contributed by atoms with Crippen LogP contribution in [0.25, 0.3) is 0 Å². The van der Waals surface area contributed by atoms with E-state index in [9.17, 15) is 8.42 Å². The van der Waals surface area contributed by atoms with Crippen molar-refractivity contribution in [1.82, 2.24) is 9.78 Å². The molecule has 8 heteroatoms. The van der Waals surface area contributed by atoms with Crippen molar-refractivity contribution in [2.24, 2.45) is 0 Å². The maximum absolute atomic E-state index is 12.2. The van der Waals surface area contributed by atoms with Crippen LogP contribution in [0.15, 0.2) is 35.5 Å². The molecule has 1 heterocycles. The molecule has 2 aromatic rings. The van der Waals surface area contributed by atoms with Crippen molar-refractivity contribution in [3.8, 4) is 5.75 Å². The highest BCUT2D eigenvalue weighted by molar-refractivity contribution is 7.92. The van der Waals surface area contributed by atoms with E-state index in [0.29, 0.717) is 11.4 Å². The van der Waals surface area contributed by atoms with Gasteiger partial charge in [-0.15, -0.1) is 0 Å². The van der Waals surface area contributed by atoms with Crippen LogP contribution in [0.3, 0.4) is 0 Å². The van der Waals surface area contributed by atoms with Gasteiger partial charge in [0.25, 0.3) is 10.0 Å². The molecule has 0 bridgehead atoms. The SMILES string of the molecule is COc1ccc(NS(=O)(=O)c2cnn(CCO)c2)cc1C. The van der Waals surface area contributed by atoms with E-state index >= 15 is 0 Å². The minimum absolute atomic E-state index is 0.0458. The van der Waals surface area contributed by atoms with Crippen LogP contribution in [0.5, 0.6) is 5.75 Å². The Morgan fingerprint density at radius 1 is 1.43 bits per heavy atom. The number of aliphatic hydroxyl groups is 1. The Morgan fingerprint density at radius 3 is 2.81 bits per heavy atom. The van der Waals surface area contributed by atoms with E-state index in [-0.39, 0.29) is 18.0 Å². The van der Waals surface area contributed by atoms with E-state index < -0.39 is 10.0 Å². The molecule has 114 valence electrons. The molecule has 0 saturated heterocycles. The number of nitrogens with zero attached hydrogens (tertiary/aromatic N) is 2. The van der Waals surface area contributed by atoms with Gasteiger partial charge < -0.3 is 9.84 Å². The van der Waals surface area contributed by atoms with E-state index in [1.54, 1.807) is 25.3 Å². The van der Waals surface area contributed by atoms with Gasteiger partial charge in [0.05, 0.1) is 26.5 Å². The topological polar surface area (TPSA) is 93.5 Å². The van der Waals surface area contributed by atoms with Crippen molar-refractivity contribution in [3.05, 3.63) is 36.2 Å². The smallest absolute Gasteiger partial charge is 0.265 e. The maximum atomic E-state index is 12.2. The second kappa shape index (κ2) is 6.15. The second-order valence-corrected chi connectivity index (χ2v) is 6.14. The van der Waals surface area contributed by atoms with E-state index in [2.05, 4.69) is 9.82 Å². The number of aryl methyl sites for hydroxylation is 1. The van der Waals surface area contributed by atoms with Crippen LogP contribution in [-0.2, 0) is 16.6 Å². The predicted molar refractivity (Wildman–Crippen MR) is 77.9 cm³/mol. The third kappa shape index (κ3) is 3.53. The number of benzene rings is 1. The van der Waals surface area contributed by atoms with Gasteiger partial charge in [-0.3, -0.25) is 9.40 Å². The average molecular weight is 311 g/mol. The molecule has 0 aliphatic rings. The standard InChI is InChI=1S/C13H17N3O4S/c1-10-7-11(3-4-13(10)20-2)15-21(18,19)12-8-14-16(9-12)5-6-17/h3-4,7-9,15,17H,5-6H2,1-2H3. The summed E-state index contributed by atoms with van der Waals surface area (Å²) in [6.45, 7) is 1.97. The Kier molecular flexibility index (Phi) is 4.49. The van der Waals surface area contributed by atoms with Gasteiger partial charge in [-0.1, -0.05) is 0 Å². The molecule has 7 nitrogen and oxygen atoms in total. The van der Waals surface area contributed by atoms with Gasteiger partial charge in [-0.25, -0.2) is 8.42 Å². The van der Waals surface area contributed by atoms with Crippen LogP contribution in [0, 0.1) is 6.92 Å². The number of ether oxygens (including phenoxy) is 1. The van der Waals surface area contributed by atoms with Gasteiger partial charge in [0.2, 0.25) is 0 Å². The zero-order valence-corrected chi connectivity index (χ0v) is 12.6. The summed E-state index contributed by atoms with van der Waals surface area (Å²) in [5.41, 5.74) is 1.27. The fourth-order valence-electron chi connectivity index (χ4n) is 1.86. The lowest BCUT2D eigenvalue weighted by Crippen LogP contribution is -2.12. The van der Waals surface area contributed by atoms with E-state index in [4.69, 9.17) is 9.84 Å². The van der Waals surface area contributed by atoms with E-state index in [0.717, 1.165) is 5.56 Å². The van der Waals surface area contributed by atoms with Gasteiger partial charge in [0.15, 0.2) is 0 Å². The molecule has 1 aromatic heterocycles. The number of nitrogens with one attached hydrogen (secondary N) is 1. The predicted octanol–water partition coefficient (Wildman–Crippen LogP) is 0.993. The van der Waals surface area contributed by atoms with Crippen LogP contribution in [0.2, 0.25) is 0 Å². The first kappa shape index (κ1) is 15.3. The van der Waals surface area contributed by atoms with Crippen LogP contribution < -0.4 is 9.46 Å². The first-order chi connectivity index (χ1) is 9.96. The summed E-state index contributed by atoms with van der Waals surface area (Å²) in [7, 11) is -2.15. The minimum Gasteiger partial charge on any atom is -0.496 e. The van der Waals surface area contributed by atoms with E-state index in [1.165, 1.54) is 17.1 Å². The molecule has 0 spiro atoms. The summed E-state index contributed by atoms with van der Waals surface area (Å²) in [6.07, 6.45) is 2.61. The van der Waals surface area contributed by atoms with E-state index in [1.807, 2.05) is 6.92 Å². The maximum Gasteiger partial charge on any atom is 0.265 e. The first-order valence-electron chi connectivity index (χ1n) is 6.27. The lowest BCUT2D eigenvalue weighted by Gasteiger charge is -2.09. The molecular weight excluding hydrogens is 294 g/mol. The summed E-state index contributed by atoms with van der Waals surface area (Å²) in [5.74, 6) is 0.689. The number of hydrogen-bond donors (Lipinski definition) is 2. The molecule has 2 rings (SSSR count). The lowest BCUT2D eigenvalue weighted by molar-refractivity contribution is 0.269. The lowest BCUT2D eigenvalue weighted by atomic mass is 10.2. The number of aromatic nitrogens is 2. The molecular formula is C13H17N3O4S. The minimum atomic E-state index is -3.70. The number of rotatable bonds is 6. The quantitative estimate of drug-likeness (QED) is 0.830. The Morgan fingerprint density at radius 2 is 2.19 bits per heavy atom. The summed E-state index contributed by atoms with van der Waals surface area (Å²) in [4.78, 5) is 0.0458. The van der Waals surface area contributed by atoms with Crippen LogP contribution in [0.1, 0.15) is 5.56 Å². The molecule has 0 saturated carbocycles. The zero-order chi connectivity index (χ0) is 15.5.